The summed E-state index contributed by atoms with van der Waals surface area (Å²) in [5, 5.41) is 18.0. The first-order chi connectivity index (χ1) is 8.10. The van der Waals surface area contributed by atoms with Gasteiger partial charge >= 0.3 is 0 Å². The number of benzene rings is 1. The van der Waals surface area contributed by atoms with E-state index in [9.17, 15) is 0 Å². The highest BCUT2D eigenvalue weighted by molar-refractivity contribution is 6.34. The maximum absolute atomic E-state index is 9.03. The van der Waals surface area contributed by atoms with Crippen molar-refractivity contribution in [1.82, 2.24) is 15.0 Å². The highest BCUT2D eigenvalue weighted by Gasteiger charge is 2.08. The quantitative estimate of drug-likeness (QED) is 0.933. The van der Waals surface area contributed by atoms with E-state index in [1.165, 1.54) is 0 Å². The van der Waals surface area contributed by atoms with Crippen LogP contribution in [-0.2, 0) is 13.2 Å². The minimum atomic E-state index is -0.109. The van der Waals surface area contributed by atoms with E-state index in [2.05, 4.69) is 10.3 Å². The fraction of sp³-hybridized carbons (Fsp3) is 0.273. The molecule has 0 aliphatic rings. The second kappa shape index (κ2) is 5.04. The molecule has 0 fully saturated rings. The number of halogens is 2. The third-order valence-corrected chi connectivity index (χ3v) is 2.92. The van der Waals surface area contributed by atoms with Gasteiger partial charge in [0.2, 0.25) is 0 Å². The third kappa shape index (κ3) is 2.77. The second-order valence-corrected chi connectivity index (χ2v) is 4.59. The molecule has 0 spiro atoms. The molecule has 1 aromatic heterocycles. The van der Waals surface area contributed by atoms with Crippen LogP contribution >= 0.6 is 23.2 Å². The summed E-state index contributed by atoms with van der Waals surface area (Å²) in [6.45, 7) is 2.28. The third-order valence-electron chi connectivity index (χ3n) is 2.48. The van der Waals surface area contributed by atoms with Crippen LogP contribution in [0.3, 0.4) is 0 Å². The van der Waals surface area contributed by atoms with E-state index in [4.69, 9.17) is 28.3 Å². The molecule has 0 aliphatic heterocycles. The van der Waals surface area contributed by atoms with Gasteiger partial charge in [0.1, 0.15) is 5.69 Å². The monoisotopic (exact) mass is 271 g/mol. The van der Waals surface area contributed by atoms with E-state index in [0.717, 1.165) is 11.3 Å². The molecule has 1 N–H and O–H groups in total. The summed E-state index contributed by atoms with van der Waals surface area (Å²) in [6.07, 6.45) is 0. The number of hydrogen-bond donors (Lipinski definition) is 1. The van der Waals surface area contributed by atoms with Crippen molar-refractivity contribution < 1.29 is 5.11 Å². The average molecular weight is 272 g/mol. The molecule has 0 radical (unpaired) electrons. The minimum absolute atomic E-state index is 0.109. The Morgan fingerprint density at radius 2 is 1.88 bits per heavy atom. The van der Waals surface area contributed by atoms with Gasteiger partial charge in [-0.2, -0.15) is 0 Å². The van der Waals surface area contributed by atoms with Crippen molar-refractivity contribution in [3.63, 3.8) is 0 Å². The fourth-order valence-corrected chi connectivity index (χ4v) is 2.14. The topological polar surface area (TPSA) is 50.9 Å². The first-order valence-electron chi connectivity index (χ1n) is 5.05. The SMILES string of the molecule is Cc1c(CO)nnn1Cc1cc(Cl)cc(Cl)c1. The Kier molecular flexibility index (Phi) is 3.66. The van der Waals surface area contributed by atoms with Crippen LogP contribution < -0.4 is 0 Å². The van der Waals surface area contributed by atoms with Gasteiger partial charge in [-0.15, -0.1) is 5.10 Å². The van der Waals surface area contributed by atoms with Gasteiger partial charge in [-0.05, 0) is 30.7 Å². The first-order valence-corrected chi connectivity index (χ1v) is 5.80. The van der Waals surface area contributed by atoms with E-state index in [1.807, 2.05) is 19.1 Å². The molecule has 2 aromatic rings. The van der Waals surface area contributed by atoms with Crippen molar-refractivity contribution in [2.45, 2.75) is 20.1 Å². The molecule has 6 heteroatoms. The molecule has 4 nitrogen and oxygen atoms in total. The van der Waals surface area contributed by atoms with Crippen LogP contribution in [0.4, 0.5) is 0 Å². The normalized spacial score (nSPS) is 10.8. The van der Waals surface area contributed by atoms with Gasteiger partial charge in [-0.25, -0.2) is 4.68 Å². The zero-order valence-corrected chi connectivity index (χ0v) is 10.7. The maximum Gasteiger partial charge on any atom is 0.111 e. The lowest BCUT2D eigenvalue weighted by molar-refractivity contribution is 0.276. The van der Waals surface area contributed by atoms with E-state index in [1.54, 1.807) is 10.7 Å². The Morgan fingerprint density at radius 3 is 2.41 bits per heavy atom. The largest absolute Gasteiger partial charge is 0.390 e. The van der Waals surface area contributed by atoms with Crippen LogP contribution in [0.5, 0.6) is 0 Å². The van der Waals surface area contributed by atoms with E-state index in [-0.39, 0.29) is 6.61 Å². The van der Waals surface area contributed by atoms with Crippen molar-refractivity contribution in [2.24, 2.45) is 0 Å². The lowest BCUT2D eigenvalue weighted by atomic mass is 10.2. The summed E-state index contributed by atoms with van der Waals surface area (Å²) < 4.78 is 1.70. The Bertz CT molecular complexity index is 519. The van der Waals surface area contributed by atoms with Crippen molar-refractivity contribution in [2.75, 3.05) is 0 Å². The lowest BCUT2D eigenvalue weighted by Gasteiger charge is -2.05. The van der Waals surface area contributed by atoms with Gasteiger partial charge in [0, 0.05) is 10.0 Å². The number of rotatable bonds is 3. The van der Waals surface area contributed by atoms with Crippen molar-refractivity contribution >= 4 is 23.2 Å². The fourth-order valence-electron chi connectivity index (χ4n) is 1.57. The zero-order valence-electron chi connectivity index (χ0n) is 9.19. The summed E-state index contributed by atoms with van der Waals surface area (Å²) in [7, 11) is 0. The molecule has 1 aromatic carbocycles. The van der Waals surface area contributed by atoms with Crippen LogP contribution in [-0.4, -0.2) is 20.1 Å². The summed E-state index contributed by atoms with van der Waals surface area (Å²) in [4.78, 5) is 0. The number of nitrogens with zero attached hydrogens (tertiary/aromatic N) is 3. The van der Waals surface area contributed by atoms with E-state index < -0.39 is 0 Å². The lowest BCUT2D eigenvalue weighted by Crippen LogP contribution is -2.04. The summed E-state index contributed by atoms with van der Waals surface area (Å²) in [5.41, 5.74) is 2.36. The van der Waals surface area contributed by atoms with Crippen molar-refractivity contribution in [3.8, 4) is 0 Å². The maximum atomic E-state index is 9.03. The summed E-state index contributed by atoms with van der Waals surface area (Å²) in [5.74, 6) is 0. The molecule has 0 atom stereocenters. The molecule has 17 heavy (non-hydrogen) atoms. The van der Waals surface area contributed by atoms with E-state index >= 15 is 0 Å². The Hall–Kier alpha value is -1.10. The number of hydrogen-bond acceptors (Lipinski definition) is 3. The summed E-state index contributed by atoms with van der Waals surface area (Å²) in [6, 6.07) is 5.33. The van der Waals surface area contributed by atoms with Crippen LogP contribution in [0.25, 0.3) is 0 Å². The predicted octanol–water partition coefficient (Wildman–Crippen LogP) is 2.43. The van der Waals surface area contributed by atoms with Crippen molar-refractivity contribution in [3.05, 3.63) is 45.2 Å². The van der Waals surface area contributed by atoms with Crippen LogP contribution in [0.15, 0.2) is 18.2 Å². The molecule has 2 rings (SSSR count). The first kappa shape index (κ1) is 12.4. The Labute approximate surface area is 109 Å². The second-order valence-electron chi connectivity index (χ2n) is 3.72. The van der Waals surface area contributed by atoms with Gasteiger partial charge < -0.3 is 5.11 Å². The van der Waals surface area contributed by atoms with Crippen LogP contribution in [0.2, 0.25) is 10.0 Å². The highest BCUT2D eigenvalue weighted by atomic mass is 35.5. The molecule has 0 saturated heterocycles. The molecule has 0 bridgehead atoms. The van der Waals surface area contributed by atoms with Gasteiger partial charge in [-0.3, -0.25) is 0 Å². The molecular weight excluding hydrogens is 261 g/mol. The summed E-state index contributed by atoms with van der Waals surface area (Å²) >= 11 is 11.8. The molecule has 0 unspecified atom stereocenters. The number of aromatic nitrogens is 3. The number of aliphatic hydroxyl groups is 1. The van der Waals surface area contributed by atoms with E-state index in [0.29, 0.717) is 22.3 Å². The average Bonchev–Trinajstić information content (AvgIpc) is 2.58. The molecular formula is C11H11Cl2N3O. The Morgan fingerprint density at radius 1 is 1.24 bits per heavy atom. The highest BCUT2D eigenvalue weighted by Crippen LogP contribution is 2.20. The van der Waals surface area contributed by atoms with Gasteiger partial charge in [0.15, 0.2) is 0 Å². The van der Waals surface area contributed by atoms with Crippen molar-refractivity contribution in [1.29, 1.82) is 0 Å². The van der Waals surface area contributed by atoms with Gasteiger partial charge in [-0.1, -0.05) is 28.4 Å². The van der Waals surface area contributed by atoms with Crippen LogP contribution in [0, 0.1) is 6.92 Å². The smallest absolute Gasteiger partial charge is 0.111 e. The molecule has 0 aliphatic carbocycles. The predicted molar refractivity (Wildman–Crippen MR) is 66.2 cm³/mol. The standard InChI is InChI=1S/C11H11Cl2N3O/c1-7-11(6-17)14-15-16(7)5-8-2-9(12)4-10(13)3-8/h2-4,17H,5-6H2,1H3. The molecule has 0 amide bonds. The molecule has 0 saturated carbocycles. The van der Waals surface area contributed by atoms with Gasteiger partial charge in [0.25, 0.3) is 0 Å². The minimum Gasteiger partial charge on any atom is -0.390 e. The molecule has 90 valence electrons. The van der Waals surface area contributed by atoms with Gasteiger partial charge in [0.05, 0.1) is 18.8 Å². The zero-order chi connectivity index (χ0) is 12.4. The Balaban J connectivity index is 2.28. The number of aliphatic hydroxyl groups excluding tert-OH is 1. The molecule has 1 heterocycles. The van der Waals surface area contributed by atoms with Crippen LogP contribution in [0.1, 0.15) is 17.0 Å².